The molecule has 0 aromatic heterocycles. The molecule has 1 heterocycles. The van der Waals surface area contributed by atoms with Crippen LogP contribution in [0.15, 0.2) is 53.5 Å². The highest BCUT2D eigenvalue weighted by atomic mass is 16.5. The number of hydrogen-bond donors (Lipinski definition) is 0. The fraction of sp³-hybridized carbons (Fsp3) is 0.333. The summed E-state index contributed by atoms with van der Waals surface area (Å²) in [6.07, 6.45) is -0.234. The van der Waals surface area contributed by atoms with Crippen LogP contribution in [0.2, 0.25) is 0 Å². The Morgan fingerprint density at radius 1 is 1.32 bits per heavy atom. The zero-order chi connectivity index (χ0) is 16.3. The van der Waals surface area contributed by atoms with E-state index in [1.165, 1.54) is 0 Å². The standard InChI is InChI=1S/C18H21NO3/c1-6-13(4)16-11-19(18(20)17(22-16)12(2)3)14-7-9-15(21-5)10-8-14/h7-10,16H,1,11H2,2-5H3. The van der Waals surface area contributed by atoms with Gasteiger partial charge in [0.1, 0.15) is 11.9 Å². The second kappa shape index (κ2) is 6.54. The van der Waals surface area contributed by atoms with Crippen LogP contribution in [0.3, 0.4) is 0 Å². The molecule has 1 atom stereocenters. The third kappa shape index (κ3) is 3.07. The van der Waals surface area contributed by atoms with Crippen molar-refractivity contribution < 1.29 is 14.3 Å². The largest absolute Gasteiger partial charge is 0.497 e. The highest BCUT2D eigenvalue weighted by Crippen LogP contribution is 2.28. The highest BCUT2D eigenvalue weighted by molar-refractivity contribution is 6.05. The molecular weight excluding hydrogens is 278 g/mol. The second-order valence-corrected chi connectivity index (χ2v) is 5.41. The summed E-state index contributed by atoms with van der Waals surface area (Å²) in [6, 6.07) is 7.42. The van der Waals surface area contributed by atoms with Crippen LogP contribution in [0, 0.1) is 0 Å². The molecule has 0 N–H and O–H groups in total. The quantitative estimate of drug-likeness (QED) is 0.634. The Labute approximate surface area is 131 Å². The molecule has 1 aromatic carbocycles. The number of rotatable bonds is 3. The number of anilines is 1. The molecule has 0 bridgehead atoms. The number of morpholine rings is 1. The van der Waals surface area contributed by atoms with Crippen LogP contribution < -0.4 is 9.64 Å². The molecule has 22 heavy (non-hydrogen) atoms. The molecule has 4 heteroatoms. The molecule has 0 radical (unpaired) electrons. The van der Waals surface area contributed by atoms with E-state index in [1.54, 1.807) is 12.0 Å². The van der Waals surface area contributed by atoms with Crippen molar-refractivity contribution in [1.82, 2.24) is 0 Å². The van der Waals surface area contributed by atoms with Crippen molar-refractivity contribution in [3.05, 3.63) is 53.5 Å². The van der Waals surface area contributed by atoms with Gasteiger partial charge in [-0.15, -0.1) is 5.73 Å². The Bertz CT molecular complexity index is 647. The van der Waals surface area contributed by atoms with E-state index in [1.807, 2.05) is 45.0 Å². The summed E-state index contributed by atoms with van der Waals surface area (Å²) in [7, 11) is 1.62. The first-order valence-corrected chi connectivity index (χ1v) is 7.14. The van der Waals surface area contributed by atoms with E-state index in [-0.39, 0.29) is 12.0 Å². The van der Waals surface area contributed by atoms with Crippen molar-refractivity contribution in [2.24, 2.45) is 0 Å². The summed E-state index contributed by atoms with van der Waals surface area (Å²) in [5.74, 6) is 1.02. The number of methoxy groups -OCH3 is 1. The van der Waals surface area contributed by atoms with Crippen LogP contribution in [-0.4, -0.2) is 25.7 Å². The van der Waals surface area contributed by atoms with Crippen LogP contribution in [0.25, 0.3) is 0 Å². The number of allylic oxidation sites excluding steroid dienone is 1. The third-order valence-electron chi connectivity index (χ3n) is 3.65. The second-order valence-electron chi connectivity index (χ2n) is 5.41. The first-order chi connectivity index (χ1) is 10.5. The van der Waals surface area contributed by atoms with E-state index in [2.05, 4.69) is 12.3 Å². The molecule has 1 unspecified atom stereocenters. The molecule has 1 fully saturated rings. The lowest BCUT2D eigenvalue weighted by Crippen LogP contribution is -2.46. The number of nitrogens with zero attached hydrogens (tertiary/aromatic N) is 1. The number of ether oxygens (including phenoxy) is 2. The highest BCUT2D eigenvalue weighted by Gasteiger charge is 2.33. The first kappa shape index (κ1) is 15.9. The zero-order valence-electron chi connectivity index (χ0n) is 13.5. The van der Waals surface area contributed by atoms with Crippen LogP contribution in [0.5, 0.6) is 5.75 Å². The summed E-state index contributed by atoms with van der Waals surface area (Å²) in [6.45, 7) is 9.75. The minimum Gasteiger partial charge on any atom is -0.497 e. The third-order valence-corrected chi connectivity index (χ3v) is 3.65. The minimum absolute atomic E-state index is 0.127. The number of hydrogen-bond acceptors (Lipinski definition) is 3. The van der Waals surface area contributed by atoms with Crippen molar-refractivity contribution >= 4 is 11.6 Å². The Balaban J connectivity index is 2.40. The average molecular weight is 299 g/mol. The Morgan fingerprint density at radius 2 is 1.95 bits per heavy atom. The van der Waals surface area contributed by atoms with E-state index in [4.69, 9.17) is 9.47 Å². The maximum absolute atomic E-state index is 12.6. The van der Waals surface area contributed by atoms with Crippen molar-refractivity contribution in [2.75, 3.05) is 18.6 Å². The number of carbonyl (C=O) groups is 1. The lowest BCUT2D eigenvalue weighted by molar-refractivity contribution is -0.121. The fourth-order valence-electron chi connectivity index (χ4n) is 2.26. The van der Waals surface area contributed by atoms with Crippen molar-refractivity contribution in [2.45, 2.75) is 26.9 Å². The average Bonchev–Trinajstić information content (AvgIpc) is 2.54. The Morgan fingerprint density at radius 3 is 2.45 bits per heavy atom. The molecule has 1 aliphatic heterocycles. The SMILES string of the molecule is C=C=C(C)C1CN(c2ccc(OC)cc2)C(=O)C(=C(C)C)O1. The predicted molar refractivity (Wildman–Crippen MR) is 86.9 cm³/mol. The van der Waals surface area contributed by atoms with Gasteiger partial charge in [-0.05, 0) is 50.6 Å². The van der Waals surface area contributed by atoms with Gasteiger partial charge in [0, 0.05) is 11.3 Å². The smallest absolute Gasteiger partial charge is 0.293 e. The van der Waals surface area contributed by atoms with Crippen molar-refractivity contribution in [3.63, 3.8) is 0 Å². The minimum atomic E-state index is -0.234. The van der Waals surface area contributed by atoms with Crippen molar-refractivity contribution in [1.29, 1.82) is 0 Å². The lowest BCUT2D eigenvalue weighted by Gasteiger charge is -2.35. The van der Waals surface area contributed by atoms with Gasteiger partial charge < -0.3 is 14.4 Å². The summed E-state index contributed by atoms with van der Waals surface area (Å²) in [4.78, 5) is 14.4. The van der Waals surface area contributed by atoms with Gasteiger partial charge in [-0.3, -0.25) is 4.79 Å². The number of carbonyl (C=O) groups excluding carboxylic acids is 1. The van der Waals surface area contributed by atoms with E-state index in [9.17, 15) is 4.79 Å². The van der Waals surface area contributed by atoms with E-state index >= 15 is 0 Å². The van der Waals surface area contributed by atoms with E-state index in [0.717, 1.165) is 22.6 Å². The maximum Gasteiger partial charge on any atom is 0.293 e. The summed E-state index contributed by atoms with van der Waals surface area (Å²) < 4.78 is 11.0. The topological polar surface area (TPSA) is 38.8 Å². The number of benzene rings is 1. The molecule has 2 rings (SSSR count). The van der Waals surface area contributed by atoms with Gasteiger partial charge in [-0.2, -0.15) is 0 Å². The van der Waals surface area contributed by atoms with Crippen LogP contribution >= 0.6 is 0 Å². The normalized spacial score (nSPS) is 17.6. The van der Waals surface area contributed by atoms with Crippen LogP contribution in [0.4, 0.5) is 5.69 Å². The number of amides is 1. The zero-order valence-corrected chi connectivity index (χ0v) is 13.5. The van der Waals surface area contributed by atoms with Gasteiger partial charge in [0.05, 0.1) is 13.7 Å². The monoisotopic (exact) mass is 299 g/mol. The first-order valence-electron chi connectivity index (χ1n) is 7.14. The van der Waals surface area contributed by atoms with Crippen LogP contribution in [0.1, 0.15) is 20.8 Å². The fourth-order valence-corrected chi connectivity index (χ4v) is 2.26. The lowest BCUT2D eigenvalue weighted by atomic mass is 10.1. The molecule has 116 valence electrons. The predicted octanol–water partition coefficient (Wildman–Crippen LogP) is 3.45. The Hall–Kier alpha value is -2.45. The molecule has 1 amide bonds. The maximum atomic E-state index is 12.6. The van der Waals surface area contributed by atoms with Gasteiger partial charge in [0.15, 0.2) is 5.76 Å². The summed E-state index contributed by atoms with van der Waals surface area (Å²) in [5.41, 5.74) is 5.41. The molecule has 0 aliphatic carbocycles. The van der Waals surface area contributed by atoms with E-state index < -0.39 is 0 Å². The molecule has 0 spiro atoms. The molecular formula is C18H21NO3. The Kier molecular flexibility index (Phi) is 4.74. The molecule has 1 saturated heterocycles. The van der Waals surface area contributed by atoms with Gasteiger partial charge in [-0.25, -0.2) is 0 Å². The summed E-state index contributed by atoms with van der Waals surface area (Å²) in [5, 5.41) is 0. The summed E-state index contributed by atoms with van der Waals surface area (Å²) >= 11 is 0. The van der Waals surface area contributed by atoms with E-state index in [0.29, 0.717) is 12.3 Å². The van der Waals surface area contributed by atoms with Crippen molar-refractivity contribution in [3.8, 4) is 5.75 Å². The van der Waals surface area contributed by atoms with Gasteiger partial charge in [-0.1, -0.05) is 6.58 Å². The van der Waals surface area contributed by atoms with Gasteiger partial charge in [0.2, 0.25) is 0 Å². The molecule has 1 aliphatic rings. The van der Waals surface area contributed by atoms with Crippen LogP contribution in [-0.2, 0) is 9.53 Å². The molecule has 1 aromatic rings. The molecule has 4 nitrogen and oxygen atoms in total. The van der Waals surface area contributed by atoms with Gasteiger partial charge in [0.25, 0.3) is 5.91 Å². The van der Waals surface area contributed by atoms with Gasteiger partial charge >= 0.3 is 0 Å². The molecule has 0 saturated carbocycles.